The van der Waals surface area contributed by atoms with Crippen molar-refractivity contribution in [3.8, 4) is 17.1 Å². The monoisotopic (exact) mass is 494 g/mol. The Hall–Kier alpha value is -3.79. The lowest BCUT2D eigenvalue weighted by atomic mass is 9.90. The smallest absolute Gasteiger partial charge is 0.475 e. The molecule has 0 spiro atoms. The van der Waals surface area contributed by atoms with Crippen LogP contribution in [0.5, 0.6) is 0 Å². The maximum atomic E-state index is 13.3. The van der Waals surface area contributed by atoms with Gasteiger partial charge in [-0.05, 0) is 24.1 Å². The third kappa shape index (κ3) is 5.57. The first-order chi connectivity index (χ1) is 15.6. The molecule has 0 saturated heterocycles. The van der Waals surface area contributed by atoms with E-state index in [1.807, 2.05) is 0 Å². The van der Waals surface area contributed by atoms with Crippen LogP contribution in [0.3, 0.4) is 0 Å². The fourth-order valence-electron chi connectivity index (χ4n) is 2.50. The van der Waals surface area contributed by atoms with E-state index in [1.54, 1.807) is 6.92 Å². The molecule has 1 aromatic carbocycles. The van der Waals surface area contributed by atoms with Crippen LogP contribution in [0.2, 0.25) is 0 Å². The van der Waals surface area contributed by atoms with Gasteiger partial charge in [0.2, 0.25) is 5.60 Å². The number of aryl methyl sites for hydroxylation is 1. The average Bonchev–Trinajstić information content (AvgIpc) is 3.27. The van der Waals surface area contributed by atoms with Gasteiger partial charge in [0.05, 0.1) is 18.5 Å². The van der Waals surface area contributed by atoms with E-state index in [0.717, 1.165) is 12.1 Å². The minimum absolute atomic E-state index is 0.0558. The molecule has 10 nitrogen and oxygen atoms in total. The maximum Gasteiger partial charge on any atom is 0.490 e. The Labute approximate surface area is 186 Å². The SMILES string of the molecule is Cc1ccc(C(O)(CO)C(F)(F)F)cc1-c1cnc(N)c(-n2cncn2)n1.O=C(O)C(F)(F)F. The van der Waals surface area contributed by atoms with Crippen molar-refractivity contribution in [2.75, 3.05) is 12.3 Å². The van der Waals surface area contributed by atoms with Crippen LogP contribution >= 0.6 is 0 Å². The van der Waals surface area contributed by atoms with E-state index in [9.17, 15) is 36.6 Å². The Kier molecular flexibility index (Phi) is 7.47. The van der Waals surface area contributed by atoms with Crippen molar-refractivity contribution < 1.29 is 46.5 Å². The lowest BCUT2D eigenvalue weighted by molar-refractivity contribution is -0.277. The zero-order valence-electron chi connectivity index (χ0n) is 17.0. The summed E-state index contributed by atoms with van der Waals surface area (Å²) in [6, 6.07) is 3.61. The minimum atomic E-state index is -5.08. The van der Waals surface area contributed by atoms with Crippen LogP contribution in [0.15, 0.2) is 37.1 Å². The topological polar surface area (TPSA) is 160 Å². The van der Waals surface area contributed by atoms with Gasteiger partial charge in [0, 0.05) is 5.56 Å². The molecule has 34 heavy (non-hydrogen) atoms. The van der Waals surface area contributed by atoms with Crippen LogP contribution < -0.4 is 5.73 Å². The molecular weight excluding hydrogens is 478 g/mol. The molecule has 16 heteroatoms. The summed E-state index contributed by atoms with van der Waals surface area (Å²) in [5, 5.41) is 30.2. The number of halogens is 6. The molecule has 3 aromatic rings. The van der Waals surface area contributed by atoms with Gasteiger partial charge in [0.1, 0.15) is 12.7 Å². The van der Waals surface area contributed by atoms with Gasteiger partial charge in [-0.3, -0.25) is 0 Å². The Morgan fingerprint density at radius 3 is 2.26 bits per heavy atom. The summed E-state index contributed by atoms with van der Waals surface area (Å²) in [5.41, 5.74) is 2.97. The standard InChI is InChI=1S/C16H15F3N6O2.C2HF3O2/c1-9-2-3-10(15(27,6-26)16(17,18)19)4-11(9)12-5-22-13(20)14(24-12)25-8-21-7-23-25;3-2(4,5)1(6)7/h2-5,7-8,26-27H,6H2,1H3,(H2,20,22);(H,6,7). The van der Waals surface area contributed by atoms with Crippen molar-refractivity contribution in [1.29, 1.82) is 0 Å². The van der Waals surface area contributed by atoms with Gasteiger partial charge in [-0.15, -0.1) is 0 Å². The van der Waals surface area contributed by atoms with Crippen molar-refractivity contribution in [2.45, 2.75) is 24.9 Å². The first-order valence-electron chi connectivity index (χ1n) is 8.91. The summed E-state index contributed by atoms with van der Waals surface area (Å²) in [7, 11) is 0. The van der Waals surface area contributed by atoms with E-state index in [4.69, 9.17) is 15.6 Å². The molecule has 0 saturated carbocycles. The Bertz CT molecular complexity index is 1150. The molecule has 3 rings (SSSR count). The molecule has 0 aliphatic heterocycles. The largest absolute Gasteiger partial charge is 0.490 e. The van der Waals surface area contributed by atoms with Gasteiger partial charge >= 0.3 is 18.3 Å². The number of carbonyl (C=O) groups is 1. The van der Waals surface area contributed by atoms with Crippen molar-refractivity contribution in [2.24, 2.45) is 0 Å². The lowest BCUT2D eigenvalue weighted by Gasteiger charge is -2.29. The molecular formula is C18H16F6N6O4. The summed E-state index contributed by atoms with van der Waals surface area (Å²) < 4.78 is 72.8. The van der Waals surface area contributed by atoms with E-state index >= 15 is 0 Å². The van der Waals surface area contributed by atoms with E-state index in [0.29, 0.717) is 5.56 Å². The highest BCUT2D eigenvalue weighted by Crippen LogP contribution is 2.40. The van der Waals surface area contributed by atoms with Gasteiger partial charge in [-0.25, -0.2) is 19.7 Å². The fraction of sp³-hybridized carbons (Fsp3) is 0.278. The number of aliphatic hydroxyl groups is 2. The zero-order chi connectivity index (χ0) is 25.9. The number of benzene rings is 1. The number of carboxylic acids is 1. The van der Waals surface area contributed by atoms with Crippen LogP contribution in [0.4, 0.5) is 32.2 Å². The third-order valence-electron chi connectivity index (χ3n) is 4.35. The van der Waals surface area contributed by atoms with Gasteiger partial charge in [0.25, 0.3) is 0 Å². The molecule has 0 aliphatic carbocycles. The van der Waals surface area contributed by atoms with Crippen LogP contribution in [-0.2, 0) is 10.4 Å². The number of hydrogen-bond donors (Lipinski definition) is 4. The number of nitrogens with two attached hydrogens (primary N) is 1. The van der Waals surface area contributed by atoms with Gasteiger partial charge in [-0.1, -0.05) is 12.1 Å². The third-order valence-corrected chi connectivity index (χ3v) is 4.35. The number of nitrogen functional groups attached to an aromatic ring is 1. The Morgan fingerprint density at radius 2 is 1.79 bits per heavy atom. The van der Waals surface area contributed by atoms with Crippen molar-refractivity contribution in [1.82, 2.24) is 24.7 Å². The van der Waals surface area contributed by atoms with E-state index in [1.165, 1.54) is 29.6 Å². The number of carboxylic acid groups (broad SMARTS) is 1. The van der Waals surface area contributed by atoms with E-state index < -0.39 is 36.1 Å². The molecule has 5 N–H and O–H groups in total. The first kappa shape index (κ1) is 26.5. The highest BCUT2D eigenvalue weighted by atomic mass is 19.4. The summed E-state index contributed by atoms with van der Waals surface area (Å²) in [6.45, 7) is 0.147. The predicted molar refractivity (Wildman–Crippen MR) is 102 cm³/mol. The van der Waals surface area contributed by atoms with Crippen LogP contribution in [0, 0.1) is 6.92 Å². The average molecular weight is 494 g/mol. The number of aliphatic hydroxyl groups excluding tert-OH is 1. The lowest BCUT2D eigenvalue weighted by Crippen LogP contribution is -2.45. The first-order valence-corrected chi connectivity index (χ1v) is 8.91. The van der Waals surface area contributed by atoms with Crippen molar-refractivity contribution in [3.63, 3.8) is 0 Å². The molecule has 0 fully saturated rings. The van der Waals surface area contributed by atoms with Crippen molar-refractivity contribution >= 4 is 11.8 Å². The second-order valence-electron chi connectivity index (χ2n) is 6.65. The van der Waals surface area contributed by atoms with E-state index in [2.05, 4.69) is 20.1 Å². The number of anilines is 1. The molecule has 0 bridgehead atoms. The summed E-state index contributed by atoms with van der Waals surface area (Å²) in [4.78, 5) is 21.0. The van der Waals surface area contributed by atoms with E-state index in [-0.39, 0.29) is 22.9 Å². The quantitative estimate of drug-likeness (QED) is 0.398. The number of hydrogen-bond acceptors (Lipinski definition) is 8. The zero-order valence-corrected chi connectivity index (χ0v) is 17.0. The van der Waals surface area contributed by atoms with Gasteiger partial charge in [-0.2, -0.15) is 36.1 Å². The summed E-state index contributed by atoms with van der Waals surface area (Å²) in [6.07, 6.45) is -6.23. The minimum Gasteiger partial charge on any atom is -0.475 e. The molecule has 0 amide bonds. The van der Waals surface area contributed by atoms with Crippen LogP contribution in [0.1, 0.15) is 11.1 Å². The fourth-order valence-corrected chi connectivity index (χ4v) is 2.50. The van der Waals surface area contributed by atoms with Crippen molar-refractivity contribution in [3.05, 3.63) is 48.2 Å². The molecule has 0 radical (unpaired) electrons. The highest BCUT2D eigenvalue weighted by molar-refractivity contribution is 5.73. The summed E-state index contributed by atoms with van der Waals surface area (Å²) >= 11 is 0. The molecule has 1 atom stereocenters. The Morgan fingerprint density at radius 1 is 1.18 bits per heavy atom. The molecule has 184 valence electrons. The number of alkyl halides is 6. The molecule has 2 aromatic heterocycles. The molecule has 2 heterocycles. The highest BCUT2D eigenvalue weighted by Gasteiger charge is 2.54. The number of aliphatic carboxylic acids is 1. The van der Waals surface area contributed by atoms with Gasteiger partial charge < -0.3 is 21.1 Å². The normalized spacial score (nSPS) is 13.6. The Balaban J connectivity index is 0.000000509. The second kappa shape index (κ2) is 9.60. The van der Waals surface area contributed by atoms with Crippen LogP contribution in [-0.4, -0.2) is 65.0 Å². The number of rotatable bonds is 4. The van der Waals surface area contributed by atoms with Crippen LogP contribution in [0.25, 0.3) is 17.1 Å². The summed E-state index contributed by atoms with van der Waals surface area (Å²) in [5.74, 6) is -2.55. The molecule has 0 aliphatic rings. The maximum absolute atomic E-state index is 13.3. The molecule has 1 unspecified atom stereocenters. The second-order valence-corrected chi connectivity index (χ2v) is 6.65. The number of nitrogens with zero attached hydrogens (tertiary/aromatic N) is 5. The predicted octanol–water partition coefficient (Wildman–Crippen LogP) is 1.99. The van der Waals surface area contributed by atoms with Gasteiger partial charge in [0.15, 0.2) is 11.6 Å². The number of aromatic nitrogens is 5.